The highest BCUT2D eigenvalue weighted by Gasteiger charge is 2.20. The molecule has 0 spiro atoms. The molecule has 164 valence electrons. The molecule has 0 aliphatic carbocycles. The van der Waals surface area contributed by atoms with Crippen molar-refractivity contribution < 1.29 is 32.1 Å². The Kier molecular flexibility index (Phi) is 8.16. The topological polar surface area (TPSA) is 105 Å². The van der Waals surface area contributed by atoms with Crippen molar-refractivity contribution in [2.24, 2.45) is 5.10 Å². The van der Waals surface area contributed by atoms with Gasteiger partial charge in [-0.3, -0.25) is 0 Å². The van der Waals surface area contributed by atoms with E-state index in [0.29, 0.717) is 35.2 Å². The van der Waals surface area contributed by atoms with Gasteiger partial charge in [-0.05, 0) is 30.7 Å². The number of ether oxygens (including phenoxy) is 5. The Morgan fingerprint density at radius 3 is 2.10 bits per heavy atom. The predicted molar refractivity (Wildman–Crippen MR) is 113 cm³/mol. The molecule has 2 aromatic carbocycles. The van der Waals surface area contributed by atoms with Gasteiger partial charge in [-0.15, -0.1) is 0 Å². The van der Waals surface area contributed by atoms with Crippen LogP contribution in [0.5, 0.6) is 28.7 Å². The predicted octanol–water partition coefficient (Wildman–Crippen LogP) is 2.82. The summed E-state index contributed by atoms with van der Waals surface area (Å²) < 4.78 is 51.9. The van der Waals surface area contributed by atoms with E-state index in [-0.39, 0.29) is 10.6 Å². The Labute approximate surface area is 176 Å². The lowest BCUT2D eigenvalue weighted by molar-refractivity contribution is 0.275. The Hall–Kier alpha value is -3.14. The second kappa shape index (κ2) is 10.6. The molecule has 0 saturated carbocycles. The SMILES string of the molecule is CCCOc1c(OC)cc(/C=N/NS(=O)(=O)c2cc(OC)ccc2OC)cc1OC. The maximum Gasteiger partial charge on any atom is 0.280 e. The summed E-state index contributed by atoms with van der Waals surface area (Å²) in [6.07, 6.45) is 2.16. The molecule has 0 saturated heterocycles. The molecule has 2 rings (SSSR count). The van der Waals surface area contributed by atoms with Crippen LogP contribution in [0.15, 0.2) is 40.3 Å². The Bertz CT molecular complexity index is 966. The third kappa shape index (κ3) is 5.47. The molecular formula is C20H26N2O7S. The molecular weight excluding hydrogens is 412 g/mol. The van der Waals surface area contributed by atoms with Crippen LogP contribution in [-0.4, -0.2) is 49.7 Å². The number of hydrogen-bond acceptors (Lipinski definition) is 8. The lowest BCUT2D eigenvalue weighted by Crippen LogP contribution is -2.19. The van der Waals surface area contributed by atoms with Gasteiger partial charge in [0.15, 0.2) is 11.5 Å². The first kappa shape index (κ1) is 23.1. The largest absolute Gasteiger partial charge is 0.497 e. The van der Waals surface area contributed by atoms with Gasteiger partial charge in [-0.2, -0.15) is 18.4 Å². The minimum Gasteiger partial charge on any atom is -0.497 e. The molecule has 0 aliphatic heterocycles. The van der Waals surface area contributed by atoms with E-state index in [2.05, 4.69) is 9.93 Å². The first-order valence-electron chi connectivity index (χ1n) is 9.05. The normalized spacial score (nSPS) is 11.2. The van der Waals surface area contributed by atoms with Crippen LogP contribution in [0.25, 0.3) is 0 Å². The fourth-order valence-electron chi connectivity index (χ4n) is 2.53. The standard InChI is InChI=1S/C20H26N2O7S/c1-6-9-29-20-17(27-4)10-14(11-18(20)28-5)13-21-22-30(23,24)19-12-15(25-2)7-8-16(19)26-3/h7-8,10-13,22H,6,9H2,1-5H3/b21-13+. The van der Waals surface area contributed by atoms with E-state index in [1.54, 1.807) is 18.2 Å². The average Bonchev–Trinajstić information content (AvgIpc) is 2.76. The number of nitrogens with one attached hydrogen (secondary N) is 1. The van der Waals surface area contributed by atoms with Crippen LogP contribution in [0.4, 0.5) is 0 Å². The van der Waals surface area contributed by atoms with Gasteiger partial charge in [0.2, 0.25) is 5.75 Å². The Morgan fingerprint density at radius 1 is 0.933 bits per heavy atom. The van der Waals surface area contributed by atoms with Crippen LogP contribution in [-0.2, 0) is 10.0 Å². The number of benzene rings is 2. The number of sulfonamides is 1. The second-order valence-electron chi connectivity index (χ2n) is 5.97. The molecule has 0 aliphatic rings. The smallest absolute Gasteiger partial charge is 0.280 e. The zero-order valence-electron chi connectivity index (χ0n) is 17.6. The summed E-state index contributed by atoms with van der Waals surface area (Å²) in [5.74, 6) is 1.90. The van der Waals surface area contributed by atoms with Gasteiger partial charge in [0.05, 0.1) is 41.3 Å². The molecule has 0 atom stereocenters. The van der Waals surface area contributed by atoms with Gasteiger partial charge >= 0.3 is 0 Å². The second-order valence-corrected chi connectivity index (χ2v) is 7.60. The van der Waals surface area contributed by atoms with Gasteiger partial charge in [0.25, 0.3) is 10.0 Å². The van der Waals surface area contributed by atoms with Gasteiger partial charge in [0, 0.05) is 11.6 Å². The number of nitrogens with zero attached hydrogens (tertiary/aromatic N) is 1. The fourth-order valence-corrected chi connectivity index (χ4v) is 3.51. The van der Waals surface area contributed by atoms with Crippen LogP contribution in [0.1, 0.15) is 18.9 Å². The highest BCUT2D eigenvalue weighted by atomic mass is 32.2. The van der Waals surface area contributed by atoms with E-state index in [9.17, 15) is 8.42 Å². The minimum atomic E-state index is -4.00. The highest BCUT2D eigenvalue weighted by molar-refractivity contribution is 7.89. The van der Waals surface area contributed by atoms with E-state index in [0.717, 1.165) is 6.42 Å². The molecule has 0 bridgehead atoms. The van der Waals surface area contributed by atoms with Crippen LogP contribution in [0, 0.1) is 0 Å². The Balaban J connectivity index is 2.30. The molecule has 0 radical (unpaired) electrons. The van der Waals surface area contributed by atoms with E-state index < -0.39 is 10.0 Å². The average molecular weight is 439 g/mol. The van der Waals surface area contributed by atoms with E-state index in [4.69, 9.17) is 23.7 Å². The maximum atomic E-state index is 12.7. The molecule has 0 amide bonds. The van der Waals surface area contributed by atoms with Crippen molar-refractivity contribution in [1.29, 1.82) is 0 Å². The van der Waals surface area contributed by atoms with E-state index in [1.165, 1.54) is 46.8 Å². The summed E-state index contributed by atoms with van der Waals surface area (Å²) in [6, 6.07) is 7.78. The lowest BCUT2D eigenvalue weighted by Gasteiger charge is -2.14. The van der Waals surface area contributed by atoms with Crippen molar-refractivity contribution in [3.63, 3.8) is 0 Å². The summed E-state index contributed by atoms with van der Waals surface area (Å²) in [7, 11) is 1.84. The van der Waals surface area contributed by atoms with Crippen molar-refractivity contribution in [3.05, 3.63) is 35.9 Å². The van der Waals surface area contributed by atoms with Crippen molar-refractivity contribution in [3.8, 4) is 28.7 Å². The summed E-state index contributed by atoms with van der Waals surface area (Å²) in [6.45, 7) is 2.49. The zero-order chi connectivity index (χ0) is 22.1. The van der Waals surface area contributed by atoms with Crippen molar-refractivity contribution in [2.45, 2.75) is 18.2 Å². The number of hydrogen-bond donors (Lipinski definition) is 1. The number of hydrazone groups is 1. The highest BCUT2D eigenvalue weighted by Crippen LogP contribution is 2.38. The fraction of sp³-hybridized carbons (Fsp3) is 0.350. The molecule has 0 aromatic heterocycles. The van der Waals surface area contributed by atoms with Gasteiger partial charge < -0.3 is 23.7 Å². The minimum absolute atomic E-state index is 0.0972. The summed E-state index contributed by atoms with van der Waals surface area (Å²) >= 11 is 0. The summed E-state index contributed by atoms with van der Waals surface area (Å²) in [5, 5.41) is 3.85. The molecule has 10 heteroatoms. The van der Waals surface area contributed by atoms with Crippen molar-refractivity contribution >= 4 is 16.2 Å². The van der Waals surface area contributed by atoms with Gasteiger partial charge in [-0.25, -0.2) is 0 Å². The number of rotatable bonds is 11. The van der Waals surface area contributed by atoms with E-state index in [1.807, 2.05) is 6.92 Å². The maximum absolute atomic E-state index is 12.7. The van der Waals surface area contributed by atoms with Crippen LogP contribution in [0.2, 0.25) is 0 Å². The molecule has 0 unspecified atom stereocenters. The molecule has 1 N–H and O–H groups in total. The number of methoxy groups -OCH3 is 4. The quantitative estimate of drug-likeness (QED) is 0.425. The molecule has 0 fully saturated rings. The zero-order valence-corrected chi connectivity index (χ0v) is 18.4. The molecule has 2 aromatic rings. The van der Waals surface area contributed by atoms with Crippen molar-refractivity contribution in [2.75, 3.05) is 35.0 Å². The van der Waals surface area contributed by atoms with Crippen LogP contribution >= 0.6 is 0 Å². The first-order valence-corrected chi connectivity index (χ1v) is 10.5. The molecule has 30 heavy (non-hydrogen) atoms. The molecule has 9 nitrogen and oxygen atoms in total. The van der Waals surface area contributed by atoms with Gasteiger partial charge in [0.1, 0.15) is 16.4 Å². The Morgan fingerprint density at radius 2 is 1.57 bits per heavy atom. The monoisotopic (exact) mass is 438 g/mol. The molecule has 0 heterocycles. The van der Waals surface area contributed by atoms with Crippen LogP contribution in [0.3, 0.4) is 0 Å². The van der Waals surface area contributed by atoms with E-state index >= 15 is 0 Å². The lowest BCUT2D eigenvalue weighted by atomic mass is 10.2. The van der Waals surface area contributed by atoms with Crippen molar-refractivity contribution in [1.82, 2.24) is 4.83 Å². The third-order valence-electron chi connectivity index (χ3n) is 3.98. The summed E-state index contributed by atoms with van der Waals surface area (Å²) in [4.78, 5) is 2.07. The third-order valence-corrected chi connectivity index (χ3v) is 5.22. The first-order chi connectivity index (χ1) is 14.4. The summed E-state index contributed by atoms with van der Waals surface area (Å²) in [5.41, 5.74) is 0.549. The van der Waals surface area contributed by atoms with Crippen LogP contribution < -0.4 is 28.5 Å². The van der Waals surface area contributed by atoms with Gasteiger partial charge in [-0.1, -0.05) is 6.92 Å².